The van der Waals surface area contributed by atoms with Crippen LogP contribution >= 0.6 is 0 Å². The van der Waals surface area contributed by atoms with Gasteiger partial charge in [-0.2, -0.15) is 5.10 Å². The average Bonchev–Trinajstić information content (AvgIpc) is 3.13. The fraction of sp³-hybridized carbons (Fsp3) is 0.476. The van der Waals surface area contributed by atoms with E-state index in [1.807, 2.05) is 44.2 Å². The number of hydrogen-bond acceptors (Lipinski definition) is 3. The van der Waals surface area contributed by atoms with Gasteiger partial charge in [-0.3, -0.25) is 9.59 Å². The molecule has 1 N–H and O–H groups in total. The molecule has 0 unspecified atom stereocenters. The topological polar surface area (TPSA) is 67.2 Å². The second-order valence-electron chi connectivity index (χ2n) is 6.96. The maximum atomic E-state index is 13.0. The SMILES string of the molecule is CCN(CC)C(=O)c1cnn(-c2ccccc2)c1NC(=O)C1CCCCC1. The van der Waals surface area contributed by atoms with Crippen molar-refractivity contribution in [3.63, 3.8) is 0 Å². The number of aromatic nitrogens is 2. The first-order valence-electron chi connectivity index (χ1n) is 9.89. The highest BCUT2D eigenvalue weighted by atomic mass is 16.2. The molecule has 1 fully saturated rings. The van der Waals surface area contributed by atoms with Crippen LogP contribution in [0, 0.1) is 5.92 Å². The Labute approximate surface area is 160 Å². The predicted octanol–water partition coefficient (Wildman–Crippen LogP) is 3.87. The number of benzene rings is 1. The van der Waals surface area contributed by atoms with Crippen LogP contribution in [0.15, 0.2) is 36.5 Å². The minimum atomic E-state index is -0.110. The molecule has 1 aliphatic rings. The van der Waals surface area contributed by atoms with Gasteiger partial charge in [-0.05, 0) is 38.8 Å². The van der Waals surface area contributed by atoms with Gasteiger partial charge >= 0.3 is 0 Å². The first-order valence-corrected chi connectivity index (χ1v) is 9.89. The van der Waals surface area contributed by atoms with E-state index in [1.165, 1.54) is 6.42 Å². The molecule has 27 heavy (non-hydrogen) atoms. The van der Waals surface area contributed by atoms with Crippen LogP contribution in [0.4, 0.5) is 5.82 Å². The minimum absolute atomic E-state index is 0.00859. The second kappa shape index (κ2) is 8.84. The first kappa shape index (κ1) is 19.1. The molecular weight excluding hydrogens is 340 g/mol. The molecule has 0 saturated heterocycles. The molecule has 6 nitrogen and oxygen atoms in total. The molecule has 1 aromatic heterocycles. The third-order valence-electron chi connectivity index (χ3n) is 5.27. The largest absolute Gasteiger partial charge is 0.339 e. The Hall–Kier alpha value is -2.63. The van der Waals surface area contributed by atoms with E-state index in [2.05, 4.69) is 10.4 Å². The smallest absolute Gasteiger partial charge is 0.259 e. The molecule has 3 rings (SSSR count). The number of anilines is 1. The maximum Gasteiger partial charge on any atom is 0.259 e. The van der Waals surface area contributed by atoms with Crippen LogP contribution in [0.3, 0.4) is 0 Å². The molecule has 6 heteroatoms. The zero-order valence-electron chi connectivity index (χ0n) is 16.1. The van der Waals surface area contributed by atoms with Gasteiger partial charge in [0, 0.05) is 19.0 Å². The zero-order valence-corrected chi connectivity index (χ0v) is 16.1. The van der Waals surface area contributed by atoms with Gasteiger partial charge in [0.2, 0.25) is 5.91 Å². The Kier molecular flexibility index (Phi) is 6.27. The molecule has 0 radical (unpaired) electrons. The third kappa shape index (κ3) is 4.21. The summed E-state index contributed by atoms with van der Waals surface area (Å²) in [5.74, 6) is 0.352. The highest BCUT2D eigenvalue weighted by molar-refractivity contribution is 6.03. The van der Waals surface area contributed by atoms with Gasteiger partial charge in [0.1, 0.15) is 11.4 Å². The van der Waals surface area contributed by atoms with Crippen LogP contribution in [-0.2, 0) is 4.79 Å². The number of para-hydroxylation sites is 1. The van der Waals surface area contributed by atoms with Crippen molar-refractivity contribution in [3.8, 4) is 5.69 Å². The van der Waals surface area contributed by atoms with Crippen molar-refractivity contribution in [1.29, 1.82) is 0 Å². The summed E-state index contributed by atoms with van der Waals surface area (Å²) in [5, 5.41) is 7.44. The van der Waals surface area contributed by atoms with Gasteiger partial charge in [0.15, 0.2) is 0 Å². The molecule has 144 valence electrons. The third-order valence-corrected chi connectivity index (χ3v) is 5.27. The Morgan fingerprint density at radius 3 is 2.41 bits per heavy atom. The first-order chi connectivity index (χ1) is 13.2. The van der Waals surface area contributed by atoms with Crippen LogP contribution in [0.5, 0.6) is 0 Å². The number of carbonyl (C=O) groups excluding carboxylic acids is 2. The van der Waals surface area contributed by atoms with Crippen molar-refractivity contribution in [2.24, 2.45) is 5.92 Å². The molecule has 0 bridgehead atoms. The van der Waals surface area contributed by atoms with Gasteiger partial charge in [0.25, 0.3) is 5.91 Å². The van der Waals surface area contributed by atoms with E-state index in [0.717, 1.165) is 31.4 Å². The van der Waals surface area contributed by atoms with Crippen molar-refractivity contribution in [2.75, 3.05) is 18.4 Å². The van der Waals surface area contributed by atoms with Gasteiger partial charge in [-0.15, -0.1) is 0 Å². The normalized spacial score (nSPS) is 14.7. The summed E-state index contributed by atoms with van der Waals surface area (Å²) in [7, 11) is 0. The molecule has 2 aromatic rings. The molecular formula is C21H28N4O2. The van der Waals surface area contributed by atoms with Gasteiger partial charge in [-0.25, -0.2) is 4.68 Å². The fourth-order valence-electron chi connectivity index (χ4n) is 3.65. The number of nitrogens with zero attached hydrogens (tertiary/aromatic N) is 3. The summed E-state index contributed by atoms with van der Waals surface area (Å²) >= 11 is 0. The van der Waals surface area contributed by atoms with E-state index in [9.17, 15) is 9.59 Å². The number of hydrogen-bond donors (Lipinski definition) is 1. The summed E-state index contributed by atoms with van der Waals surface area (Å²) in [6.45, 7) is 5.12. The lowest BCUT2D eigenvalue weighted by atomic mass is 9.88. The van der Waals surface area contributed by atoms with Crippen molar-refractivity contribution in [1.82, 2.24) is 14.7 Å². The number of rotatable bonds is 6. The van der Waals surface area contributed by atoms with Crippen LogP contribution < -0.4 is 5.32 Å². The van der Waals surface area contributed by atoms with Crippen LogP contribution in [0.2, 0.25) is 0 Å². The van der Waals surface area contributed by atoms with Crippen LogP contribution in [0.25, 0.3) is 5.69 Å². The van der Waals surface area contributed by atoms with Crippen molar-refractivity contribution >= 4 is 17.6 Å². The van der Waals surface area contributed by atoms with Crippen molar-refractivity contribution < 1.29 is 9.59 Å². The molecule has 1 heterocycles. The minimum Gasteiger partial charge on any atom is -0.339 e. The highest BCUT2D eigenvalue weighted by Crippen LogP contribution is 2.27. The van der Waals surface area contributed by atoms with E-state index in [1.54, 1.807) is 15.8 Å². The highest BCUT2D eigenvalue weighted by Gasteiger charge is 2.27. The Morgan fingerprint density at radius 1 is 1.11 bits per heavy atom. The van der Waals surface area contributed by atoms with E-state index in [-0.39, 0.29) is 17.7 Å². The summed E-state index contributed by atoms with van der Waals surface area (Å²) in [4.78, 5) is 27.5. The Bertz CT molecular complexity index is 775. The molecule has 0 spiro atoms. The lowest BCUT2D eigenvalue weighted by Crippen LogP contribution is -2.32. The van der Waals surface area contributed by atoms with Gasteiger partial charge < -0.3 is 10.2 Å². The van der Waals surface area contributed by atoms with Crippen molar-refractivity contribution in [3.05, 3.63) is 42.1 Å². The number of carbonyl (C=O) groups is 2. The number of nitrogens with one attached hydrogen (secondary N) is 1. The molecule has 1 saturated carbocycles. The predicted molar refractivity (Wildman–Crippen MR) is 106 cm³/mol. The molecule has 1 aromatic carbocycles. The lowest BCUT2D eigenvalue weighted by Gasteiger charge is -2.22. The summed E-state index contributed by atoms with van der Waals surface area (Å²) < 4.78 is 1.65. The number of amides is 2. The van der Waals surface area contributed by atoms with Gasteiger partial charge in [0.05, 0.1) is 11.9 Å². The van der Waals surface area contributed by atoms with Gasteiger partial charge in [-0.1, -0.05) is 37.5 Å². The molecule has 0 aliphatic heterocycles. The fourth-order valence-corrected chi connectivity index (χ4v) is 3.65. The summed E-state index contributed by atoms with van der Waals surface area (Å²) in [5.41, 5.74) is 1.25. The maximum absolute atomic E-state index is 13.0. The second-order valence-corrected chi connectivity index (χ2v) is 6.96. The summed E-state index contributed by atoms with van der Waals surface area (Å²) in [6, 6.07) is 9.57. The Morgan fingerprint density at radius 2 is 1.78 bits per heavy atom. The average molecular weight is 368 g/mol. The summed E-state index contributed by atoms with van der Waals surface area (Å²) in [6.07, 6.45) is 6.74. The zero-order chi connectivity index (χ0) is 19.2. The van der Waals surface area contributed by atoms with E-state index in [0.29, 0.717) is 24.5 Å². The van der Waals surface area contributed by atoms with E-state index < -0.39 is 0 Å². The van der Waals surface area contributed by atoms with E-state index >= 15 is 0 Å². The van der Waals surface area contributed by atoms with E-state index in [4.69, 9.17) is 0 Å². The van der Waals surface area contributed by atoms with Crippen LogP contribution in [0.1, 0.15) is 56.3 Å². The Balaban J connectivity index is 1.95. The monoisotopic (exact) mass is 368 g/mol. The van der Waals surface area contributed by atoms with Crippen molar-refractivity contribution in [2.45, 2.75) is 46.0 Å². The molecule has 2 amide bonds. The quantitative estimate of drug-likeness (QED) is 0.841. The lowest BCUT2D eigenvalue weighted by molar-refractivity contribution is -0.120. The van der Waals surface area contributed by atoms with Crippen LogP contribution in [-0.4, -0.2) is 39.6 Å². The molecule has 0 atom stereocenters. The standard InChI is InChI=1S/C21H28N4O2/c1-3-24(4-2)21(27)18-15-22-25(17-13-9-6-10-14-17)19(18)23-20(26)16-11-7-5-8-12-16/h6,9-10,13-16H,3-5,7-8,11-12H2,1-2H3,(H,23,26). The molecule has 1 aliphatic carbocycles.